The van der Waals surface area contributed by atoms with Gasteiger partial charge in [0, 0.05) is 0 Å². The Morgan fingerprint density at radius 1 is 0.757 bits per heavy atom. The van der Waals surface area contributed by atoms with Crippen LogP contribution >= 0.6 is 0 Å². The van der Waals surface area contributed by atoms with Gasteiger partial charge in [0.2, 0.25) is 0 Å². The number of hydrogen-bond donors (Lipinski definition) is 4. The van der Waals surface area contributed by atoms with Gasteiger partial charge in [0.25, 0.3) is 0 Å². The van der Waals surface area contributed by atoms with E-state index >= 15 is 0 Å². The Hall–Kier alpha value is -2.96. The number of carbonyl (C=O) groups is 2. The van der Waals surface area contributed by atoms with Gasteiger partial charge in [0.1, 0.15) is 0 Å². The molecule has 6 heteroatoms. The molecule has 4 N–H and O–H groups in total. The molecule has 2 unspecified atom stereocenters. The first-order valence-corrected chi connectivity index (χ1v) is 13.2. The van der Waals surface area contributed by atoms with E-state index in [9.17, 15) is 9.59 Å². The van der Waals surface area contributed by atoms with Crippen LogP contribution in [0.4, 0.5) is 0 Å². The summed E-state index contributed by atoms with van der Waals surface area (Å²) in [6.45, 7) is 9.66. The van der Waals surface area contributed by atoms with E-state index in [4.69, 9.17) is 20.4 Å². The summed E-state index contributed by atoms with van der Waals surface area (Å²) in [5.74, 6) is -1.76. The standard InChI is InChI=1S/C10H20.2C7H6O2.C7H16O2/c1-3-5-7-9-10-8-6-4-2;2*8-7(9)6-4-2-1-3-5-6;1-3-4-7(9)5-6(2)8/h3H,1,4-10H2,2H3;2*1-5H,(H,8,9);6-9H,3-5H2,1-2H3. The second kappa shape index (κ2) is 26.1. The van der Waals surface area contributed by atoms with Crippen LogP contribution < -0.4 is 0 Å². The number of unbranched alkanes of at least 4 members (excludes halogenated alkanes) is 6. The first-order chi connectivity index (χ1) is 17.7. The molecule has 2 atom stereocenters. The Morgan fingerprint density at radius 3 is 1.51 bits per heavy atom. The highest BCUT2D eigenvalue weighted by Crippen LogP contribution is 2.06. The number of aliphatic hydroxyl groups excluding tert-OH is 2. The van der Waals surface area contributed by atoms with E-state index in [1.807, 2.05) is 13.0 Å². The van der Waals surface area contributed by atoms with Crippen LogP contribution in [-0.4, -0.2) is 44.6 Å². The number of benzene rings is 2. The summed E-state index contributed by atoms with van der Waals surface area (Å²) in [5.41, 5.74) is 0.662. The highest BCUT2D eigenvalue weighted by molar-refractivity contribution is 5.87. The number of allylic oxidation sites excluding steroid dienone is 1. The Labute approximate surface area is 223 Å². The third-order valence-corrected chi connectivity index (χ3v) is 5.04. The largest absolute Gasteiger partial charge is 0.478 e. The lowest BCUT2D eigenvalue weighted by atomic mass is 10.1. The highest BCUT2D eigenvalue weighted by Gasteiger charge is 2.05. The lowest BCUT2D eigenvalue weighted by molar-refractivity contribution is 0.0686. The Balaban J connectivity index is 0. The summed E-state index contributed by atoms with van der Waals surface area (Å²) in [4.78, 5) is 20.4. The van der Waals surface area contributed by atoms with Crippen LogP contribution in [-0.2, 0) is 0 Å². The molecule has 0 saturated carbocycles. The highest BCUT2D eigenvalue weighted by atomic mass is 16.4. The molecule has 6 nitrogen and oxygen atoms in total. The molecule has 0 spiro atoms. The minimum atomic E-state index is -0.879. The van der Waals surface area contributed by atoms with Crippen LogP contribution in [0.2, 0.25) is 0 Å². The molecule has 2 aromatic rings. The van der Waals surface area contributed by atoms with Crippen molar-refractivity contribution in [1.82, 2.24) is 0 Å². The maximum atomic E-state index is 10.2. The van der Waals surface area contributed by atoms with Crippen LogP contribution in [0.3, 0.4) is 0 Å². The van der Waals surface area contributed by atoms with E-state index in [2.05, 4.69) is 13.5 Å². The number of aliphatic hydroxyl groups is 2. The van der Waals surface area contributed by atoms with Gasteiger partial charge in [-0.2, -0.15) is 0 Å². The van der Waals surface area contributed by atoms with Crippen LogP contribution in [0.5, 0.6) is 0 Å². The van der Waals surface area contributed by atoms with E-state index in [0.717, 1.165) is 12.8 Å². The minimum absolute atomic E-state index is 0.310. The zero-order valence-corrected chi connectivity index (χ0v) is 22.9. The fraction of sp³-hybridized carbons (Fsp3) is 0.484. The van der Waals surface area contributed by atoms with Gasteiger partial charge < -0.3 is 20.4 Å². The molecule has 0 aliphatic heterocycles. The number of aromatic carboxylic acids is 2. The third kappa shape index (κ3) is 25.9. The quantitative estimate of drug-likeness (QED) is 0.161. The van der Waals surface area contributed by atoms with Gasteiger partial charge in [-0.15, -0.1) is 6.58 Å². The van der Waals surface area contributed by atoms with Gasteiger partial charge in [-0.3, -0.25) is 0 Å². The van der Waals surface area contributed by atoms with E-state index in [0.29, 0.717) is 17.5 Å². The lowest BCUT2D eigenvalue weighted by Crippen LogP contribution is -2.13. The molecule has 2 rings (SSSR count). The average molecular weight is 517 g/mol. The van der Waals surface area contributed by atoms with Gasteiger partial charge in [0.15, 0.2) is 0 Å². The zero-order valence-electron chi connectivity index (χ0n) is 22.9. The summed E-state index contributed by atoms with van der Waals surface area (Å²) in [7, 11) is 0. The molecular formula is C31H48O6. The van der Waals surface area contributed by atoms with Crippen molar-refractivity contribution in [3.8, 4) is 0 Å². The molecule has 0 saturated heterocycles. The van der Waals surface area contributed by atoms with Gasteiger partial charge in [-0.05, 0) is 56.9 Å². The van der Waals surface area contributed by atoms with E-state index in [1.165, 1.54) is 44.9 Å². The van der Waals surface area contributed by atoms with Gasteiger partial charge in [-0.25, -0.2) is 9.59 Å². The number of rotatable bonds is 13. The van der Waals surface area contributed by atoms with Crippen molar-refractivity contribution in [3.63, 3.8) is 0 Å². The molecule has 0 amide bonds. The van der Waals surface area contributed by atoms with Crippen LogP contribution in [0.15, 0.2) is 73.3 Å². The summed E-state index contributed by atoms with van der Waals surface area (Å²) >= 11 is 0. The van der Waals surface area contributed by atoms with Crippen LogP contribution in [0.25, 0.3) is 0 Å². The molecule has 37 heavy (non-hydrogen) atoms. The number of hydrogen-bond acceptors (Lipinski definition) is 4. The number of carboxylic acid groups (broad SMARTS) is 2. The zero-order chi connectivity index (χ0) is 28.3. The Morgan fingerprint density at radius 2 is 1.19 bits per heavy atom. The molecule has 0 aliphatic carbocycles. The van der Waals surface area contributed by atoms with E-state index in [-0.39, 0.29) is 12.2 Å². The average Bonchev–Trinajstić information content (AvgIpc) is 2.88. The van der Waals surface area contributed by atoms with Gasteiger partial charge in [-0.1, -0.05) is 94.8 Å². The summed E-state index contributed by atoms with van der Waals surface area (Å²) in [6, 6.07) is 16.6. The SMILES string of the molecule is C=CCCCCCCCC.CCCC(O)CC(C)O.O=C(O)c1ccccc1.O=C(O)c1ccccc1. The van der Waals surface area contributed by atoms with Crippen LogP contribution in [0, 0.1) is 0 Å². The molecule has 0 aromatic heterocycles. The van der Waals surface area contributed by atoms with Crippen molar-refractivity contribution in [2.45, 2.75) is 97.2 Å². The molecule has 0 radical (unpaired) electrons. The van der Waals surface area contributed by atoms with Gasteiger partial charge in [0.05, 0.1) is 23.3 Å². The van der Waals surface area contributed by atoms with Crippen molar-refractivity contribution < 1.29 is 30.0 Å². The normalized spacial score (nSPS) is 11.2. The van der Waals surface area contributed by atoms with E-state index in [1.54, 1.807) is 67.6 Å². The van der Waals surface area contributed by atoms with Crippen LogP contribution in [0.1, 0.15) is 106 Å². The summed E-state index contributed by atoms with van der Waals surface area (Å²) in [5, 5.41) is 34.6. The Bertz CT molecular complexity index is 740. The second-order valence-electron chi connectivity index (χ2n) is 8.71. The topological polar surface area (TPSA) is 115 Å². The fourth-order valence-electron chi connectivity index (χ4n) is 3.08. The minimum Gasteiger partial charge on any atom is -0.478 e. The van der Waals surface area contributed by atoms with E-state index < -0.39 is 11.9 Å². The summed E-state index contributed by atoms with van der Waals surface area (Å²) < 4.78 is 0. The molecule has 208 valence electrons. The predicted octanol–water partition coefficient (Wildman–Crippen LogP) is 7.61. The molecule has 2 aromatic carbocycles. The molecular weight excluding hydrogens is 468 g/mol. The summed E-state index contributed by atoms with van der Waals surface area (Å²) in [6.07, 6.45) is 13.2. The van der Waals surface area contributed by atoms with Crippen molar-refractivity contribution in [3.05, 3.63) is 84.4 Å². The maximum Gasteiger partial charge on any atom is 0.335 e. The second-order valence-corrected chi connectivity index (χ2v) is 8.71. The molecule has 0 heterocycles. The third-order valence-electron chi connectivity index (χ3n) is 5.04. The monoisotopic (exact) mass is 516 g/mol. The maximum absolute atomic E-state index is 10.2. The first kappa shape index (κ1) is 36.2. The Kier molecular flexibility index (Phi) is 25.5. The fourth-order valence-corrected chi connectivity index (χ4v) is 3.08. The lowest BCUT2D eigenvalue weighted by Gasteiger charge is -2.09. The molecule has 0 bridgehead atoms. The molecule has 0 aliphatic rings. The smallest absolute Gasteiger partial charge is 0.335 e. The predicted molar refractivity (Wildman–Crippen MR) is 152 cm³/mol. The van der Waals surface area contributed by atoms with Crippen molar-refractivity contribution in [2.24, 2.45) is 0 Å². The first-order valence-electron chi connectivity index (χ1n) is 13.2. The molecule has 0 fully saturated rings. The van der Waals surface area contributed by atoms with Gasteiger partial charge >= 0.3 is 11.9 Å². The van der Waals surface area contributed by atoms with Crippen molar-refractivity contribution in [1.29, 1.82) is 0 Å². The van der Waals surface area contributed by atoms with Crippen molar-refractivity contribution in [2.75, 3.05) is 0 Å². The van der Waals surface area contributed by atoms with Crippen molar-refractivity contribution >= 4 is 11.9 Å². The number of carboxylic acids is 2.